The molecule has 2 aromatic carbocycles. The zero-order valence-corrected chi connectivity index (χ0v) is 17.7. The van der Waals surface area contributed by atoms with Gasteiger partial charge in [-0.05, 0) is 43.3 Å². The minimum absolute atomic E-state index is 0.0345. The van der Waals surface area contributed by atoms with Gasteiger partial charge in [0.05, 0.1) is 22.3 Å². The van der Waals surface area contributed by atoms with Gasteiger partial charge in [0.2, 0.25) is 5.88 Å². The first-order valence-corrected chi connectivity index (χ1v) is 10.2. The molecule has 7 nitrogen and oxygen atoms in total. The maximum atomic E-state index is 15.3. The fraction of sp³-hybridized carbons (Fsp3) is 0.174. The molecule has 0 atom stereocenters. The topological polar surface area (TPSA) is 81.1 Å². The molecular weight excluding hydrogens is 454 g/mol. The molecule has 0 unspecified atom stereocenters. The number of halogens is 4. The molecule has 5 rings (SSSR count). The number of rotatable bonds is 3. The maximum absolute atomic E-state index is 15.3. The van der Waals surface area contributed by atoms with Crippen LogP contribution in [-0.4, -0.2) is 20.6 Å². The van der Waals surface area contributed by atoms with Gasteiger partial charge in [-0.15, -0.1) is 0 Å². The Labute approximate surface area is 190 Å². The predicted octanol–water partition coefficient (Wildman–Crippen LogP) is 5.37. The summed E-state index contributed by atoms with van der Waals surface area (Å²) in [4.78, 5) is 21.1. The van der Waals surface area contributed by atoms with Crippen molar-refractivity contribution in [1.82, 2.24) is 19.9 Å². The van der Waals surface area contributed by atoms with Crippen LogP contribution in [0.25, 0.3) is 10.9 Å². The first-order chi connectivity index (χ1) is 16.2. The van der Waals surface area contributed by atoms with Crippen LogP contribution in [0.3, 0.4) is 0 Å². The average molecular weight is 471 g/mol. The number of aromatic nitrogens is 3. The highest BCUT2D eigenvalue weighted by Crippen LogP contribution is 2.34. The Morgan fingerprint density at radius 1 is 1.15 bits per heavy atom. The molecule has 0 radical (unpaired) electrons. The molecular formula is C23H17F4N5O2. The van der Waals surface area contributed by atoms with Crippen LogP contribution < -0.4 is 15.4 Å². The third-order valence-corrected chi connectivity index (χ3v) is 5.51. The highest BCUT2D eigenvalue weighted by Gasteiger charge is 2.30. The third-order valence-electron chi connectivity index (χ3n) is 5.51. The molecule has 0 fully saturated rings. The van der Waals surface area contributed by atoms with Crippen LogP contribution >= 0.6 is 0 Å². The van der Waals surface area contributed by atoms with Crippen LogP contribution in [0.15, 0.2) is 48.8 Å². The number of carbonyl (C=O) groups is 1. The standard InChI is InChI=1S/C23H17F4N5O2/c1-12-7-15-18(32(12)22(33)31-14-4-2-3-13(8-14)23(25,26)27)5-6-19(20(15)24)34-21-16-9-28-10-17(16)29-11-30-21/h2-8,11,28H,9-10H2,1H3,(H,31,33). The summed E-state index contributed by atoms with van der Waals surface area (Å²) in [5.41, 5.74) is 1.23. The minimum Gasteiger partial charge on any atom is -0.435 e. The number of fused-ring (bicyclic) bond motifs is 2. The van der Waals surface area contributed by atoms with E-state index in [-0.39, 0.29) is 28.2 Å². The van der Waals surface area contributed by atoms with E-state index in [2.05, 4.69) is 20.6 Å². The number of ether oxygens (including phenoxy) is 1. The summed E-state index contributed by atoms with van der Waals surface area (Å²) in [5.74, 6) is -0.521. The largest absolute Gasteiger partial charge is 0.435 e. The van der Waals surface area contributed by atoms with Crippen LogP contribution in [0.2, 0.25) is 0 Å². The Morgan fingerprint density at radius 2 is 1.97 bits per heavy atom. The van der Waals surface area contributed by atoms with Gasteiger partial charge in [0.25, 0.3) is 0 Å². The van der Waals surface area contributed by atoms with Crippen LogP contribution in [0.4, 0.5) is 28.0 Å². The van der Waals surface area contributed by atoms with E-state index in [9.17, 15) is 18.0 Å². The van der Waals surface area contributed by atoms with E-state index in [1.165, 1.54) is 41.2 Å². The average Bonchev–Trinajstić information content (AvgIpc) is 3.40. The molecule has 4 aromatic rings. The molecule has 0 bridgehead atoms. The lowest BCUT2D eigenvalue weighted by atomic mass is 10.2. The number of amides is 1. The number of nitrogens with one attached hydrogen (secondary N) is 2. The van der Waals surface area contributed by atoms with Crippen molar-refractivity contribution in [3.05, 3.63) is 77.1 Å². The van der Waals surface area contributed by atoms with Gasteiger partial charge in [0.1, 0.15) is 6.33 Å². The molecule has 0 saturated carbocycles. The van der Waals surface area contributed by atoms with Crippen LogP contribution in [0, 0.1) is 12.7 Å². The first kappa shape index (κ1) is 21.8. The zero-order chi connectivity index (χ0) is 24.0. The molecule has 0 spiro atoms. The highest BCUT2D eigenvalue weighted by molar-refractivity contribution is 6.00. The summed E-state index contributed by atoms with van der Waals surface area (Å²) in [6.45, 7) is 2.66. The zero-order valence-electron chi connectivity index (χ0n) is 17.7. The van der Waals surface area contributed by atoms with Crippen molar-refractivity contribution in [2.24, 2.45) is 0 Å². The van der Waals surface area contributed by atoms with E-state index < -0.39 is 23.6 Å². The lowest BCUT2D eigenvalue weighted by Crippen LogP contribution is -2.20. The van der Waals surface area contributed by atoms with Gasteiger partial charge in [-0.25, -0.2) is 19.2 Å². The second kappa shape index (κ2) is 8.10. The Bertz CT molecular complexity index is 1430. The molecule has 11 heteroatoms. The van der Waals surface area contributed by atoms with Crippen LogP contribution in [0.5, 0.6) is 11.6 Å². The summed E-state index contributed by atoms with van der Waals surface area (Å²) >= 11 is 0. The lowest BCUT2D eigenvalue weighted by Gasteiger charge is -2.12. The number of hydrogen-bond acceptors (Lipinski definition) is 5. The Hall–Kier alpha value is -3.99. The molecule has 1 aliphatic heterocycles. The summed E-state index contributed by atoms with van der Waals surface area (Å²) in [6.07, 6.45) is -3.20. The number of alkyl halides is 3. The van der Waals surface area contributed by atoms with E-state index in [4.69, 9.17) is 4.74 Å². The van der Waals surface area contributed by atoms with Gasteiger partial charge >= 0.3 is 12.2 Å². The number of carbonyl (C=O) groups excluding carboxylic acids is 1. The van der Waals surface area contributed by atoms with E-state index in [0.717, 1.165) is 23.4 Å². The molecule has 174 valence electrons. The van der Waals surface area contributed by atoms with E-state index in [0.29, 0.717) is 18.8 Å². The fourth-order valence-electron chi connectivity index (χ4n) is 3.92. The third kappa shape index (κ3) is 3.83. The van der Waals surface area contributed by atoms with Crippen molar-refractivity contribution >= 4 is 22.6 Å². The predicted molar refractivity (Wildman–Crippen MR) is 115 cm³/mol. The molecule has 34 heavy (non-hydrogen) atoms. The van der Waals surface area contributed by atoms with E-state index in [1.807, 2.05) is 0 Å². The molecule has 3 heterocycles. The number of nitrogens with zero attached hydrogens (tertiary/aromatic N) is 3. The van der Waals surface area contributed by atoms with Crippen molar-refractivity contribution < 1.29 is 27.1 Å². The van der Waals surface area contributed by atoms with Crippen LogP contribution in [0.1, 0.15) is 22.5 Å². The van der Waals surface area contributed by atoms with Gasteiger partial charge in [0, 0.05) is 29.9 Å². The second-order valence-corrected chi connectivity index (χ2v) is 7.75. The van der Waals surface area contributed by atoms with Gasteiger partial charge in [-0.3, -0.25) is 4.57 Å². The molecule has 1 amide bonds. The highest BCUT2D eigenvalue weighted by atomic mass is 19.4. The van der Waals surface area contributed by atoms with E-state index in [1.54, 1.807) is 6.92 Å². The molecule has 2 aromatic heterocycles. The summed E-state index contributed by atoms with van der Waals surface area (Å²) in [5, 5.41) is 5.69. The first-order valence-electron chi connectivity index (χ1n) is 10.2. The number of hydrogen-bond donors (Lipinski definition) is 2. The van der Waals surface area contributed by atoms with Gasteiger partial charge in [-0.1, -0.05) is 6.07 Å². The number of anilines is 1. The monoisotopic (exact) mass is 471 g/mol. The molecule has 2 N–H and O–H groups in total. The second-order valence-electron chi connectivity index (χ2n) is 7.75. The lowest BCUT2D eigenvalue weighted by molar-refractivity contribution is -0.137. The van der Waals surface area contributed by atoms with Gasteiger partial charge in [-0.2, -0.15) is 13.2 Å². The van der Waals surface area contributed by atoms with Gasteiger partial charge in [0.15, 0.2) is 11.6 Å². The normalized spacial score (nSPS) is 13.2. The van der Waals surface area contributed by atoms with Gasteiger partial charge < -0.3 is 15.4 Å². The maximum Gasteiger partial charge on any atom is 0.416 e. The van der Waals surface area contributed by atoms with Crippen molar-refractivity contribution in [1.29, 1.82) is 0 Å². The Kier molecular flexibility index (Phi) is 5.20. The van der Waals surface area contributed by atoms with Crippen molar-refractivity contribution in [3.63, 3.8) is 0 Å². The smallest absolute Gasteiger partial charge is 0.416 e. The van der Waals surface area contributed by atoms with Crippen molar-refractivity contribution in [2.75, 3.05) is 5.32 Å². The Morgan fingerprint density at radius 3 is 2.76 bits per heavy atom. The summed E-state index contributed by atoms with van der Waals surface area (Å²) < 4.78 is 61.2. The van der Waals surface area contributed by atoms with Crippen molar-refractivity contribution in [3.8, 4) is 11.6 Å². The number of benzene rings is 2. The Balaban J connectivity index is 1.46. The molecule has 0 saturated heterocycles. The summed E-state index contributed by atoms with van der Waals surface area (Å²) in [6, 6.07) is 7.91. The minimum atomic E-state index is -4.55. The summed E-state index contributed by atoms with van der Waals surface area (Å²) in [7, 11) is 0. The fourth-order valence-corrected chi connectivity index (χ4v) is 3.92. The molecule has 0 aliphatic carbocycles. The van der Waals surface area contributed by atoms with E-state index >= 15 is 4.39 Å². The van der Waals surface area contributed by atoms with Crippen molar-refractivity contribution in [2.45, 2.75) is 26.2 Å². The quantitative estimate of drug-likeness (QED) is 0.393. The van der Waals surface area contributed by atoms with Crippen LogP contribution in [-0.2, 0) is 19.3 Å². The molecule has 1 aliphatic rings. The SMILES string of the molecule is Cc1cc2c(F)c(Oc3ncnc4c3CNC4)ccc2n1C(=O)Nc1cccc(C(F)(F)F)c1. The number of aryl methyl sites for hydroxylation is 1.